The molecule has 0 saturated carbocycles. The first-order valence-electron chi connectivity index (χ1n) is 9.97. The molecule has 0 aromatic heterocycles. The highest BCUT2D eigenvalue weighted by atomic mass is 35.5. The number of rotatable bonds is 6. The lowest BCUT2D eigenvalue weighted by molar-refractivity contribution is -0.137. The second-order valence-electron chi connectivity index (χ2n) is 8.06. The zero-order valence-electron chi connectivity index (χ0n) is 16.5. The van der Waals surface area contributed by atoms with E-state index in [1.807, 2.05) is 6.07 Å². The van der Waals surface area contributed by atoms with Gasteiger partial charge < -0.3 is 14.7 Å². The molecular weight excluding hydrogens is 426 g/mol. The molecule has 2 aromatic rings. The van der Waals surface area contributed by atoms with Gasteiger partial charge in [0.2, 0.25) is 0 Å². The van der Waals surface area contributed by atoms with Crippen LogP contribution >= 0.6 is 11.6 Å². The maximum absolute atomic E-state index is 12.9. The molecule has 4 rings (SSSR count). The largest absolute Gasteiger partial charge is 0.492 e. The Morgan fingerprint density at radius 1 is 1.17 bits per heavy atom. The number of aliphatic carboxylic acids is 1. The monoisotopic (exact) mass is 449 g/mol. The van der Waals surface area contributed by atoms with Gasteiger partial charge in [0.1, 0.15) is 5.75 Å². The Morgan fingerprint density at radius 3 is 2.60 bits per heavy atom. The first-order chi connectivity index (χ1) is 14.3. The van der Waals surface area contributed by atoms with E-state index < -0.39 is 15.8 Å². The summed E-state index contributed by atoms with van der Waals surface area (Å²) in [4.78, 5) is 13.2. The van der Waals surface area contributed by atoms with E-state index in [0.717, 1.165) is 31.5 Å². The molecule has 0 unspecified atom stereocenters. The minimum absolute atomic E-state index is 0.125. The summed E-state index contributed by atoms with van der Waals surface area (Å²) in [5.74, 6) is -0.306. The third kappa shape index (κ3) is 4.19. The van der Waals surface area contributed by atoms with Gasteiger partial charge in [-0.2, -0.15) is 0 Å². The summed E-state index contributed by atoms with van der Waals surface area (Å²) < 4.78 is 31.8. The summed E-state index contributed by atoms with van der Waals surface area (Å²) in [7, 11) is -3.55. The summed E-state index contributed by atoms with van der Waals surface area (Å²) in [6.45, 7) is 2.70. The molecule has 2 aromatic carbocycles. The van der Waals surface area contributed by atoms with Crippen molar-refractivity contribution in [1.29, 1.82) is 0 Å². The highest BCUT2D eigenvalue weighted by Gasteiger charge is 2.43. The average molecular weight is 450 g/mol. The van der Waals surface area contributed by atoms with Gasteiger partial charge in [-0.3, -0.25) is 4.79 Å². The highest BCUT2D eigenvalue weighted by molar-refractivity contribution is 7.90. The van der Waals surface area contributed by atoms with E-state index in [2.05, 4.69) is 4.90 Å². The van der Waals surface area contributed by atoms with Gasteiger partial charge in [-0.05, 0) is 49.7 Å². The standard InChI is InChI=1S/C22H24ClNO5S/c23-19-4-2-1-3-16(19)14-30(27,28)17-5-6-18-20(13-17)29-15-22(18)8-11-24(12-9-22)10-7-21(25)26/h1-6,13H,7-12,14-15H2,(H,25,26). The lowest BCUT2D eigenvalue weighted by atomic mass is 9.74. The number of carboxylic acids is 1. The minimum Gasteiger partial charge on any atom is -0.492 e. The molecule has 0 amide bonds. The fraction of sp³-hybridized carbons (Fsp3) is 0.409. The van der Waals surface area contributed by atoms with Crippen molar-refractivity contribution in [2.45, 2.75) is 35.3 Å². The lowest BCUT2D eigenvalue weighted by Gasteiger charge is -2.38. The maximum atomic E-state index is 12.9. The molecular formula is C22H24ClNO5S. The van der Waals surface area contributed by atoms with Crippen LogP contribution in [0.1, 0.15) is 30.4 Å². The first-order valence-corrected chi connectivity index (χ1v) is 12.0. The van der Waals surface area contributed by atoms with E-state index >= 15 is 0 Å². The Morgan fingerprint density at radius 2 is 1.90 bits per heavy atom. The SMILES string of the molecule is O=C(O)CCN1CCC2(CC1)COc1cc(S(=O)(=O)Cc3ccccc3Cl)ccc12. The third-order valence-electron chi connectivity index (χ3n) is 6.15. The average Bonchev–Trinajstić information content (AvgIpc) is 3.07. The number of carbonyl (C=O) groups is 1. The molecule has 0 bridgehead atoms. The number of sulfone groups is 1. The Bertz CT molecular complexity index is 1060. The second-order valence-corrected chi connectivity index (χ2v) is 10.5. The quantitative estimate of drug-likeness (QED) is 0.726. The second kappa shape index (κ2) is 8.21. The number of benzene rings is 2. The molecule has 0 aliphatic carbocycles. The van der Waals surface area contributed by atoms with Crippen LogP contribution in [0.15, 0.2) is 47.4 Å². The summed E-state index contributed by atoms with van der Waals surface area (Å²) in [5, 5.41) is 9.31. The Labute approximate surface area is 181 Å². The van der Waals surface area contributed by atoms with Gasteiger partial charge >= 0.3 is 5.97 Å². The van der Waals surface area contributed by atoms with Crippen LogP contribution in [-0.2, 0) is 25.8 Å². The summed E-state index contributed by atoms with van der Waals surface area (Å²) >= 11 is 6.13. The van der Waals surface area contributed by atoms with Crippen molar-refractivity contribution in [3.8, 4) is 5.75 Å². The molecule has 1 N–H and O–H groups in total. The van der Waals surface area contributed by atoms with E-state index in [4.69, 9.17) is 21.4 Å². The van der Waals surface area contributed by atoms with Gasteiger partial charge in [0.25, 0.3) is 0 Å². The summed E-state index contributed by atoms with van der Waals surface area (Å²) in [5.41, 5.74) is 1.50. The van der Waals surface area contributed by atoms with Gasteiger partial charge in [-0.15, -0.1) is 0 Å². The molecule has 0 radical (unpaired) electrons. The van der Waals surface area contributed by atoms with Crippen molar-refractivity contribution < 1.29 is 23.1 Å². The topological polar surface area (TPSA) is 83.9 Å². The molecule has 1 saturated heterocycles. The van der Waals surface area contributed by atoms with Crippen LogP contribution in [0.4, 0.5) is 0 Å². The van der Waals surface area contributed by atoms with E-state index in [9.17, 15) is 13.2 Å². The number of hydrogen-bond donors (Lipinski definition) is 1. The van der Waals surface area contributed by atoms with Crippen molar-refractivity contribution in [2.75, 3.05) is 26.2 Å². The van der Waals surface area contributed by atoms with Gasteiger partial charge in [0.15, 0.2) is 9.84 Å². The van der Waals surface area contributed by atoms with Crippen LogP contribution in [-0.4, -0.2) is 50.6 Å². The van der Waals surface area contributed by atoms with Gasteiger partial charge in [0, 0.05) is 22.5 Å². The maximum Gasteiger partial charge on any atom is 0.304 e. The predicted octanol–water partition coefficient (Wildman–Crippen LogP) is 3.51. The van der Waals surface area contributed by atoms with E-state index in [-0.39, 0.29) is 22.5 Å². The van der Waals surface area contributed by atoms with E-state index in [0.29, 0.717) is 29.5 Å². The number of ether oxygens (including phenoxy) is 1. The first kappa shape index (κ1) is 21.2. The fourth-order valence-electron chi connectivity index (χ4n) is 4.32. The minimum atomic E-state index is -3.55. The number of fused-ring (bicyclic) bond motifs is 2. The van der Waals surface area contributed by atoms with Crippen LogP contribution in [0.5, 0.6) is 5.75 Å². The van der Waals surface area contributed by atoms with Crippen molar-refractivity contribution >= 4 is 27.4 Å². The molecule has 2 heterocycles. The molecule has 1 spiro atoms. The summed E-state index contributed by atoms with van der Waals surface area (Å²) in [6, 6.07) is 12.1. The molecule has 30 heavy (non-hydrogen) atoms. The third-order valence-corrected chi connectivity index (χ3v) is 8.18. The van der Waals surface area contributed by atoms with Crippen LogP contribution in [0.2, 0.25) is 5.02 Å². The zero-order valence-corrected chi connectivity index (χ0v) is 18.1. The number of carboxylic acid groups (broad SMARTS) is 1. The van der Waals surface area contributed by atoms with E-state index in [1.54, 1.807) is 36.4 Å². The number of halogens is 1. The molecule has 1 fully saturated rings. The van der Waals surface area contributed by atoms with Crippen LogP contribution < -0.4 is 4.74 Å². The van der Waals surface area contributed by atoms with Gasteiger partial charge in [-0.1, -0.05) is 35.9 Å². The molecule has 2 aliphatic rings. The smallest absolute Gasteiger partial charge is 0.304 e. The zero-order chi connectivity index (χ0) is 21.4. The van der Waals surface area contributed by atoms with Crippen LogP contribution in [0, 0.1) is 0 Å². The molecule has 6 nitrogen and oxygen atoms in total. The Hall–Kier alpha value is -2.09. The normalized spacial score (nSPS) is 18.2. The number of piperidine rings is 1. The number of hydrogen-bond acceptors (Lipinski definition) is 5. The van der Waals surface area contributed by atoms with Gasteiger partial charge in [0.05, 0.1) is 23.7 Å². The highest BCUT2D eigenvalue weighted by Crippen LogP contribution is 2.46. The number of nitrogens with zero attached hydrogens (tertiary/aromatic N) is 1. The van der Waals surface area contributed by atoms with Crippen LogP contribution in [0.3, 0.4) is 0 Å². The molecule has 160 valence electrons. The molecule has 8 heteroatoms. The predicted molar refractivity (Wildman–Crippen MR) is 114 cm³/mol. The Kier molecular flexibility index (Phi) is 5.79. The van der Waals surface area contributed by atoms with Crippen molar-refractivity contribution in [2.24, 2.45) is 0 Å². The molecule has 2 aliphatic heterocycles. The van der Waals surface area contributed by atoms with Crippen molar-refractivity contribution in [3.63, 3.8) is 0 Å². The van der Waals surface area contributed by atoms with Crippen molar-refractivity contribution in [1.82, 2.24) is 4.90 Å². The Balaban J connectivity index is 1.50. The van der Waals surface area contributed by atoms with Crippen molar-refractivity contribution in [3.05, 3.63) is 58.6 Å². The van der Waals surface area contributed by atoms with Gasteiger partial charge in [-0.25, -0.2) is 8.42 Å². The summed E-state index contributed by atoms with van der Waals surface area (Å²) in [6.07, 6.45) is 1.88. The van der Waals surface area contributed by atoms with Crippen LogP contribution in [0.25, 0.3) is 0 Å². The van der Waals surface area contributed by atoms with E-state index in [1.165, 1.54) is 0 Å². The number of likely N-dealkylation sites (tertiary alicyclic amines) is 1. The lowest BCUT2D eigenvalue weighted by Crippen LogP contribution is -2.44. The fourth-order valence-corrected chi connectivity index (χ4v) is 5.99. The molecule has 0 atom stereocenters.